The number of carbonyl (C=O) groups is 2. The average molecular weight is 426 g/mol. The maximum absolute atomic E-state index is 14.6. The third kappa shape index (κ3) is 4.56. The van der Waals surface area contributed by atoms with Crippen molar-refractivity contribution in [2.75, 3.05) is 26.7 Å². The van der Waals surface area contributed by atoms with Crippen molar-refractivity contribution < 1.29 is 18.7 Å². The number of likely N-dealkylation sites (N-methyl/N-ethyl adjacent to an activating group) is 1. The van der Waals surface area contributed by atoms with Crippen molar-refractivity contribution in [2.24, 2.45) is 11.7 Å². The summed E-state index contributed by atoms with van der Waals surface area (Å²) in [4.78, 5) is 29.2. The first kappa shape index (κ1) is 21.3. The van der Waals surface area contributed by atoms with Crippen LogP contribution in [0.25, 0.3) is 0 Å². The van der Waals surface area contributed by atoms with Crippen molar-refractivity contribution in [1.82, 2.24) is 9.80 Å². The molecule has 2 saturated heterocycles. The number of rotatable bonds is 5. The second kappa shape index (κ2) is 9.06. The van der Waals surface area contributed by atoms with E-state index in [0.717, 1.165) is 31.2 Å². The number of ether oxygens (including phenoxy) is 1. The quantitative estimate of drug-likeness (QED) is 0.798. The monoisotopic (exact) mass is 425 g/mol. The number of amides is 2. The molecule has 2 amide bonds. The van der Waals surface area contributed by atoms with E-state index < -0.39 is 11.7 Å². The lowest BCUT2D eigenvalue weighted by Crippen LogP contribution is -2.42. The number of carbonyl (C=O) groups excluding carboxylic acids is 2. The molecule has 0 spiro atoms. The minimum atomic E-state index is -0.593. The van der Waals surface area contributed by atoms with Crippen LogP contribution in [-0.2, 0) is 11.2 Å². The van der Waals surface area contributed by atoms with E-state index in [-0.39, 0.29) is 23.4 Å². The summed E-state index contributed by atoms with van der Waals surface area (Å²) in [7, 11) is 1.80. The zero-order valence-corrected chi connectivity index (χ0v) is 17.7. The number of nitrogens with zero attached hydrogens (tertiary/aromatic N) is 2. The van der Waals surface area contributed by atoms with E-state index in [4.69, 9.17) is 10.5 Å². The topological polar surface area (TPSA) is 75.9 Å². The fourth-order valence-corrected chi connectivity index (χ4v) is 4.46. The lowest BCUT2D eigenvalue weighted by Gasteiger charge is -2.29. The molecule has 2 atom stereocenters. The van der Waals surface area contributed by atoms with Crippen molar-refractivity contribution in [1.29, 1.82) is 0 Å². The van der Waals surface area contributed by atoms with Crippen molar-refractivity contribution in [3.8, 4) is 11.5 Å². The molecule has 164 valence electrons. The van der Waals surface area contributed by atoms with Crippen LogP contribution >= 0.6 is 0 Å². The van der Waals surface area contributed by atoms with Gasteiger partial charge in [-0.25, -0.2) is 4.39 Å². The Morgan fingerprint density at radius 3 is 2.61 bits per heavy atom. The Labute approximate surface area is 181 Å². The van der Waals surface area contributed by atoms with Gasteiger partial charge in [0.25, 0.3) is 5.91 Å². The second-order valence-electron chi connectivity index (χ2n) is 8.37. The Morgan fingerprint density at radius 2 is 1.87 bits per heavy atom. The third-order valence-corrected chi connectivity index (χ3v) is 6.25. The van der Waals surface area contributed by atoms with Crippen LogP contribution < -0.4 is 10.5 Å². The number of hydrogen-bond acceptors (Lipinski definition) is 4. The molecule has 2 aromatic rings. The number of benzene rings is 2. The lowest BCUT2D eigenvalue weighted by molar-refractivity contribution is -0.134. The Bertz CT molecular complexity index is 963. The molecule has 0 unspecified atom stereocenters. The molecule has 0 radical (unpaired) electrons. The summed E-state index contributed by atoms with van der Waals surface area (Å²) >= 11 is 0. The Hall–Kier alpha value is -2.93. The van der Waals surface area contributed by atoms with Crippen LogP contribution in [-0.4, -0.2) is 54.3 Å². The second-order valence-corrected chi connectivity index (χ2v) is 8.37. The van der Waals surface area contributed by atoms with Gasteiger partial charge in [-0.3, -0.25) is 9.59 Å². The molecule has 0 saturated carbocycles. The zero-order valence-electron chi connectivity index (χ0n) is 17.7. The van der Waals surface area contributed by atoms with Gasteiger partial charge in [0.15, 0.2) is 0 Å². The molecular formula is C24H28FN3O3. The van der Waals surface area contributed by atoms with Gasteiger partial charge < -0.3 is 20.3 Å². The van der Waals surface area contributed by atoms with Gasteiger partial charge in [-0.2, -0.15) is 0 Å². The van der Waals surface area contributed by atoms with Gasteiger partial charge in [-0.1, -0.05) is 18.6 Å². The Morgan fingerprint density at radius 1 is 1.13 bits per heavy atom. The molecule has 7 heteroatoms. The fourth-order valence-electron chi connectivity index (χ4n) is 4.46. The van der Waals surface area contributed by atoms with Crippen LogP contribution in [0.15, 0.2) is 42.5 Å². The maximum atomic E-state index is 14.6. The summed E-state index contributed by atoms with van der Waals surface area (Å²) in [6.07, 6.45) is 3.36. The third-order valence-electron chi connectivity index (χ3n) is 6.25. The smallest absolute Gasteiger partial charge is 0.257 e. The summed E-state index contributed by atoms with van der Waals surface area (Å²) in [6.45, 7) is 1.32. The predicted octanol–water partition coefficient (Wildman–Crippen LogP) is 3.20. The first-order chi connectivity index (χ1) is 15.0. The lowest BCUT2D eigenvalue weighted by atomic mass is 9.98. The maximum Gasteiger partial charge on any atom is 0.257 e. The van der Waals surface area contributed by atoms with Crippen LogP contribution in [0.4, 0.5) is 4.39 Å². The largest absolute Gasteiger partial charge is 0.457 e. The fraction of sp³-hybridized carbons (Fsp3) is 0.417. The van der Waals surface area contributed by atoms with E-state index >= 15 is 0 Å². The number of halogens is 1. The first-order valence-corrected chi connectivity index (χ1v) is 10.8. The minimum Gasteiger partial charge on any atom is -0.457 e. The molecule has 2 heterocycles. The van der Waals surface area contributed by atoms with E-state index in [1.54, 1.807) is 16.8 Å². The van der Waals surface area contributed by atoms with Gasteiger partial charge in [0, 0.05) is 26.2 Å². The van der Waals surface area contributed by atoms with Crippen molar-refractivity contribution in [2.45, 2.75) is 31.7 Å². The van der Waals surface area contributed by atoms with Gasteiger partial charge in [0.2, 0.25) is 5.91 Å². The molecule has 6 nitrogen and oxygen atoms in total. The summed E-state index contributed by atoms with van der Waals surface area (Å²) in [5.41, 5.74) is 6.65. The van der Waals surface area contributed by atoms with Crippen LogP contribution in [0.2, 0.25) is 0 Å². The minimum absolute atomic E-state index is 0.0292. The molecule has 2 fully saturated rings. The standard InChI is InChI=1S/C24H28FN3O3/c1-27-18-4-2-3-17(23(27)29)14-28(15-18)24(30)21-13-20(9-10-22(21)25)31-19-7-5-16(6-8-19)11-12-26/h5-10,13,17-18H,2-4,11-12,14-15,26H2,1H3/t17-,18+/m1/s1. The highest BCUT2D eigenvalue weighted by Gasteiger charge is 2.38. The Balaban J connectivity index is 1.54. The van der Waals surface area contributed by atoms with Gasteiger partial charge in [0.05, 0.1) is 11.5 Å². The van der Waals surface area contributed by atoms with Crippen molar-refractivity contribution in [3.63, 3.8) is 0 Å². The summed E-state index contributed by atoms with van der Waals surface area (Å²) < 4.78 is 20.5. The Kier molecular flexibility index (Phi) is 6.23. The van der Waals surface area contributed by atoms with E-state index in [1.807, 2.05) is 24.3 Å². The number of likely N-dealkylation sites (tertiary alicyclic amines) is 1. The van der Waals surface area contributed by atoms with Crippen molar-refractivity contribution >= 4 is 11.8 Å². The number of nitrogens with two attached hydrogens (primary N) is 1. The highest BCUT2D eigenvalue weighted by Crippen LogP contribution is 2.29. The molecule has 2 aromatic carbocycles. The highest BCUT2D eigenvalue weighted by atomic mass is 19.1. The first-order valence-electron chi connectivity index (χ1n) is 10.8. The molecule has 0 aromatic heterocycles. The average Bonchev–Trinajstić information content (AvgIpc) is 2.95. The van der Waals surface area contributed by atoms with Gasteiger partial charge >= 0.3 is 0 Å². The summed E-state index contributed by atoms with van der Waals surface area (Å²) in [5.74, 6) is -0.155. The van der Waals surface area contributed by atoms with E-state index in [0.29, 0.717) is 31.1 Å². The van der Waals surface area contributed by atoms with Gasteiger partial charge in [-0.15, -0.1) is 0 Å². The summed E-state index contributed by atoms with van der Waals surface area (Å²) in [5, 5.41) is 0. The van der Waals surface area contributed by atoms with E-state index in [1.165, 1.54) is 18.2 Å². The van der Waals surface area contributed by atoms with Gasteiger partial charge in [0.1, 0.15) is 17.3 Å². The molecule has 4 rings (SSSR count). The van der Waals surface area contributed by atoms with Gasteiger partial charge in [-0.05, 0) is 61.7 Å². The highest BCUT2D eigenvalue weighted by molar-refractivity contribution is 5.95. The molecule has 0 aliphatic carbocycles. The number of fused-ring (bicyclic) bond motifs is 3. The van der Waals surface area contributed by atoms with Crippen LogP contribution in [0.5, 0.6) is 11.5 Å². The molecule has 31 heavy (non-hydrogen) atoms. The summed E-state index contributed by atoms with van der Waals surface area (Å²) in [6, 6.07) is 11.7. The van der Waals surface area contributed by atoms with E-state index in [2.05, 4.69) is 0 Å². The molecule has 2 aliphatic rings. The predicted molar refractivity (Wildman–Crippen MR) is 115 cm³/mol. The zero-order chi connectivity index (χ0) is 22.0. The van der Waals surface area contributed by atoms with Crippen LogP contribution in [0.1, 0.15) is 35.2 Å². The molecule has 2 N–H and O–H groups in total. The molecule has 2 bridgehead atoms. The number of hydrogen-bond donors (Lipinski definition) is 1. The normalized spacial score (nSPS) is 21.1. The van der Waals surface area contributed by atoms with Crippen LogP contribution in [0, 0.1) is 11.7 Å². The van der Waals surface area contributed by atoms with Crippen LogP contribution in [0.3, 0.4) is 0 Å². The molecular weight excluding hydrogens is 397 g/mol. The van der Waals surface area contributed by atoms with Crippen molar-refractivity contribution in [3.05, 3.63) is 59.4 Å². The SMILES string of the molecule is CN1C(=O)[C@@H]2CCC[C@H]1CN(C(=O)c1cc(Oc3ccc(CCN)cc3)ccc1F)C2. The molecule has 2 aliphatic heterocycles. The van der Waals surface area contributed by atoms with E-state index in [9.17, 15) is 14.0 Å².